The average molecular weight is 413 g/mol. The van der Waals surface area contributed by atoms with Crippen LogP contribution in [0.25, 0.3) is 0 Å². The highest BCUT2D eigenvalue weighted by Crippen LogP contribution is 2.22. The number of amides is 1. The largest absolute Gasteiger partial charge is 0.354 e. The SMILES string of the molecule is CCN(CC)C(CNC(=O)Cc1ccc(F)c(Br)c1)c1ccsc1. The van der Waals surface area contributed by atoms with E-state index in [0.29, 0.717) is 11.0 Å². The Morgan fingerprint density at radius 1 is 1.33 bits per heavy atom. The summed E-state index contributed by atoms with van der Waals surface area (Å²) in [6.07, 6.45) is 0.244. The van der Waals surface area contributed by atoms with Gasteiger partial charge in [-0.15, -0.1) is 0 Å². The van der Waals surface area contributed by atoms with E-state index in [1.165, 1.54) is 11.6 Å². The minimum Gasteiger partial charge on any atom is -0.354 e. The summed E-state index contributed by atoms with van der Waals surface area (Å²) in [4.78, 5) is 14.6. The molecule has 130 valence electrons. The van der Waals surface area contributed by atoms with E-state index in [2.05, 4.69) is 56.8 Å². The Morgan fingerprint density at radius 2 is 2.08 bits per heavy atom. The van der Waals surface area contributed by atoms with Crippen molar-refractivity contribution in [2.75, 3.05) is 19.6 Å². The zero-order chi connectivity index (χ0) is 17.5. The third-order valence-corrected chi connectivity index (χ3v) is 5.33. The quantitative estimate of drug-likeness (QED) is 0.696. The van der Waals surface area contributed by atoms with Crippen LogP contribution < -0.4 is 5.32 Å². The Morgan fingerprint density at radius 3 is 2.67 bits per heavy atom. The van der Waals surface area contributed by atoms with Crippen LogP contribution in [0.3, 0.4) is 0 Å². The number of hydrogen-bond acceptors (Lipinski definition) is 3. The van der Waals surface area contributed by atoms with Crippen molar-refractivity contribution in [3.63, 3.8) is 0 Å². The predicted molar refractivity (Wildman–Crippen MR) is 101 cm³/mol. The molecule has 3 nitrogen and oxygen atoms in total. The van der Waals surface area contributed by atoms with Gasteiger partial charge >= 0.3 is 0 Å². The fraction of sp³-hybridized carbons (Fsp3) is 0.389. The molecule has 0 aliphatic rings. The molecule has 0 bridgehead atoms. The summed E-state index contributed by atoms with van der Waals surface area (Å²) in [6.45, 7) is 6.68. The van der Waals surface area contributed by atoms with Crippen molar-refractivity contribution in [1.82, 2.24) is 10.2 Å². The maximum atomic E-state index is 13.3. The number of benzene rings is 1. The molecule has 6 heteroatoms. The van der Waals surface area contributed by atoms with Crippen LogP contribution in [0.1, 0.15) is 31.0 Å². The molecule has 1 aromatic heterocycles. The van der Waals surface area contributed by atoms with Crippen LogP contribution in [0, 0.1) is 5.82 Å². The molecule has 1 heterocycles. The standard InChI is InChI=1S/C18H22BrFN2OS/c1-3-22(4-2)17(14-7-8-24-12-14)11-21-18(23)10-13-5-6-16(20)15(19)9-13/h5-9,12,17H,3-4,10-11H2,1-2H3,(H,21,23). The highest BCUT2D eigenvalue weighted by molar-refractivity contribution is 9.10. The molecule has 0 spiro atoms. The second kappa shape index (κ2) is 9.30. The number of hydrogen-bond donors (Lipinski definition) is 1. The van der Waals surface area contributed by atoms with Crippen molar-refractivity contribution in [2.24, 2.45) is 0 Å². The van der Waals surface area contributed by atoms with Gasteiger partial charge in [0.15, 0.2) is 0 Å². The van der Waals surface area contributed by atoms with Gasteiger partial charge in [-0.2, -0.15) is 11.3 Å². The molecule has 1 aromatic carbocycles. The van der Waals surface area contributed by atoms with Crippen LogP contribution in [-0.2, 0) is 11.2 Å². The summed E-state index contributed by atoms with van der Waals surface area (Å²) in [7, 11) is 0. The lowest BCUT2D eigenvalue weighted by atomic mass is 10.1. The van der Waals surface area contributed by atoms with Crippen LogP contribution >= 0.6 is 27.3 Å². The molecular formula is C18H22BrFN2OS. The average Bonchev–Trinajstić information content (AvgIpc) is 3.09. The Hall–Kier alpha value is -1.24. The molecule has 1 N–H and O–H groups in total. The van der Waals surface area contributed by atoms with Crippen LogP contribution in [0.15, 0.2) is 39.5 Å². The van der Waals surface area contributed by atoms with E-state index in [4.69, 9.17) is 0 Å². The molecule has 1 atom stereocenters. The van der Waals surface area contributed by atoms with Crippen LogP contribution in [0.2, 0.25) is 0 Å². The van der Waals surface area contributed by atoms with Gasteiger partial charge in [0.2, 0.25) is 5.91 Å². The molecule has 0 aliphatic carbocycles. The van der Waals surface area contributed by atoms with Crippen LogP contribution in [-0.4, -0.2) is 30.4 Å². The van der Waals surface area contributed by atoms with Gasteiger partial charge in [-0.05, 0) is 69.1 Å². The summed E-state index contributed by atoms with van der Waals surface area (Å²) >= 11 is 4.82. The first-order valence-corrected chi connectivity index (χ1v) is 9.75. The molecule has 0 saturated carbocycles. The van der Waals surface area contributed by atoms with Gasteiger partial charge in [-0.3, -0.25) is 9.69 Å². The second-order valence-electron chi connectivity index (χ2n) is 5.52. The number of nitrogens with zero attached hydrogens (tertiary/aromatic N) is 1. The number of nitrogens with one attached hydrogen (secondary N) is 1. The van der Waals surface area contributed by atoms with E-state index in [1.54, 1.807) is 23.5 Å². The number of rotatable bonds is 8. The Balaban J connectivity index is 1.98. The summed E-state index contributed by atoms with van der Waals surface area (Å²) in [6, 6.07) is 6.94. The maximum Gasteiger partial charge on any atom is 0.224 e. The Kier molecular flexibility index (Phi) is 7.40. The summed E-state index contributed by atoms with van der Waals surface area (Å²) in [5, 5.41) is 7.21. The first-order valence-electron chi connectivity index (χ1n) is 8.01. The molecule has 0 aliphatic heterocycles. The normalized spacial score (nSPS) is 12.4. The van der Waals surface area contributed by atoms with Crippen LogP contribution in [0.5, 0.6) is 0 Å². The number of carbonyl (C=O) groups is 1. The lowest BCUT2D eigenvalue weighted by molar-refractivity contribution is -0.120. The molecule has 24 heavy (non-hydrogen) atoms. The van der Waals surface area contributed by atoms with E-state index in [-0.39, 0.29) is 24.2 Å². The minimum absolute atomic E-state index is 0.0547. The minimum atomic E-state index is -0.321. The molecule has 2 rings (SSSR count). The van der Waals surface area contributed by atoms with Crippen molar-refractivity contribution < 1.29 is 9.18 Å². The third kappa shape index (κ3) is 5.13. The van der Waals surface area contributed by atoms with Gasteiger partial charge in [0.05, 0.1) is 16.9 Å². The number of thiophene rings is 1. The van der Waals surface area contributed by atoms with Crippen molar-refractivity contribution >= 4 is 33.2 Å². The van der Waals surface area contributed by atoms with Gasteiger partial charge in [-0.25, -0.2) is 4.39 Å². The Bertz CT molecular complexity index is 659. The first-order chi connectivity index (χ1) is 11.5. The van der Waals surface area contributed by atoms with Gasteiger partial charge < -0.3 is 5.32 Å². The summed E-state index contributed by atoms with van der Waals surface area (Å²) in [5.74, 6) is -0.376. The fourth-order valence-corrected chi connectivity index (χ4v) is 3.83. The molecule has 0 radical (unpaired) electrons. The topological polar surface area (TPSA) is 32.3 Å². The lowest BCUT2D eigenvalue weighted by Gasteiger charge is -2.29. The molecule has 1 unspecified atom stereocenters. The first kappa shape index (κ1) is 19.1. The van der Waals surface area contributed by atoms with E-state index >= 15 is 0 Å². The molecular weight excluding hydrogens is 391 g/mol. The van der Waals surface area contributed by atoms with E-state index in [1.807, 2.05) is 0 Å². The lowest BCUT2D eigenvalue weighted by Crippen LogP contribution is -2.38. The Labute approximate surface area is 155 Å². The highest BCUT2D eigenvalue weighted by Gasteiger charge is 2.19. The monoisotopic (exact) mass is 412 g/mol. The van der Waals surface area contributed by atoms with Gasteiger partial charge in [0.1, 0.15) is 5.82 Å². The molecule has 1 amide bonds. The second-order valence-corrected chi connectivity index (χ2v) is 7.16. The zero-order valence-electron chi connectivity index (χ0n) is 13.9. The predicted octanol–water partition coefficient (Wildman–Crippen LogP) is 4.39. The van der Waals surface area contributed by atoms with Crippen molar-refractivity contribution in [3.05, 3.63) is 56.4 Å². The zero-order valence-corrected chi connectivity index (χ0v) is 16.3. The number of halogens is 2. The number of likely N-dealkylation sites (N-methyl/N-ethyl adjacent to an activating group) is 1. The van der Waals surface area contributed by atoms with Gasteiger partial charge in [0, 0.05) is 6.54 Å². The van der Waals surface area contributed by atoms with E-state index in [9.17, 15) is 9.18 Å². The maximum absolute atomic E-state index is 13.3. The van der Waals surface area contributed by atoms with E-state index < -0.39 is 0 Å². The smallest absolute Gasteiger partial charge is 0.224 e. The van der Waals surface area contributed by atoms with Crippen LogP contribution in [0.4, 0.5) is 4.39 Å². The fourth-order valence-electron chi connectivity index (χ4n) is 2.69. The van der Waals surface area contributed by atoms with Crippen molar-refractivity contribution in [1.29, 1.82) is 0 Å². The summed E-state index contributed by atoms with van der Waals surface area (Å²) < 4.78 is 13.6. The molecule has 0 saturated heterocycles. The molecule has 0 fully saturated rings. The van der Waals surface area contributed by atoms with Crippen molar-refractivity contribution in [3.8, 4) is 0 Å². The van der Waals surface area contributed by atoms with Gasteiger partial charge in [-0.1, -0.05) is 19.9 Å². The summed E-state index contributed by atoms with van der Waals surface area (Å²) in [5.41, 5.74) is 2.02. The highest BCUT2D eigenvalue weighted by atomic mass is 79.9. The third-order valence-electron chi connectivity index (χ3n) is 4.02. The van der Waals surface area contributed by atoms with Gasteiger partial charge in [0.25, 0.3) is 0 Å². The number of carbonyl (C=O) groups excluding carboxylic acids is 1. The van der Waals surface area contributed by atoms with E-state index in [0.717, 1.165) is 18.7 Å². The van der Waals surface area contributed by atoms with Crippen molar-refractivity contribution in [2.45, 2.75) is 26.3 Å². The molecule has 2 aromatic rings.